The number of nitrogens with zero attached hydrogens (tertiary/aromatic N) is 1. The molecule has 0 aliphatic heterocycles. The molecule has 0 spiro atoms. The van der Waals surface area contributed by atoms with Crippen LogP contribution in [-0.4, -0.2) is 24.7 Å². The fourth-order valence-corrected chi connectivity index (χ4v) is 1.98. The van der Waals surface area contributed by atoms with Crippen molar-refractivity contribution in [2.24, 2.45) is 10.7 Å². The number of methoxy groups -OCH3 is 1. The van der Waals surface area contributed by atoms with E-state index in [0.717, 1.165) is 5.56 Å². The van der Waals surface area contributed by atoms with Crippen LogP contribution in [0.4, 0.5) is 5.69 Å². The summed E-state index contributed by atoms with van der Waals surface area (Å²) in [6.07, 6.45) is 0.0203. The first-order valence-corrected chi connectivity index (χ1v) is 6.70. The summed E-state index contributed by atoms with van der Waals surface area (Å²) in [5.41, 5.74) is 7.61. The van der Waals surface area contributed by atoms with Gasteiger partial charge in [0.15, 0.2) is 0 Å². The minimum Gasteiger partial charge on any atom is -0.465 e. The van der Waals surface area contributed by atoms with Gasteiger partial charge in [-0.25, -0.2) is 4.79 Å². The second-order valence-electron chi connectivity index (χ2n) is 4.61. The Bertz CT molecular complexity index is 709. The summed E-state index contributed by atoms with van der Waals surface area (Å²) in [4.78, 5) is 27.3. The first kappa shape index (κ1) is 15.4. The van der Waals surface area contributed by atoms with Gasteiger partial charge in [-0.3, -0.25) is 9.79 Å². The van der Waals surface area contributed by atoms with E-state index in [1.807, 2.05) is 30.3 Å². The summed E-state index contributed by atoms with van der Waals surface area (Å²) < 4.78 is 4.68. The second-order valence-corrected chi connectivity index (χ2v) is 4.61. The summed E-state index contributed by atoms with van der Waals surface area (Å²) in [5.74, 6) is -0.903. The number of aliphatic imine (C=N–C) groups is 1. The molecule has 0 aliphatic carbocycles. The second kappa shape index (κ2) is 7.17. The zero-order valence-electron chi connectivity index (χ0n) is 12.2. The molecule has 0 aromatic heterocycles. The monoisotopic (exact) mass is 296 g/mol. The molecular weight excluding hydrogens is 280 g/mol. The lowest BCUT2D eigenvalue weighted by molar-refractivity contribution is -0.116. The van der Waals surface area contributed by atoms with Gasteiger partial charge in [0.1, 0.15) is 0 Å². The van der Waals surface area contributed by atoms with E-state index in [1.165, 1.54) is 7.11 Å². The highest BCUT2D eigenvalue weighted by Crippen LogP contribution is 2.18. The molecule has 0 unspecified atom stereocenters. The number of hydrogen-bond acceptors (Lipinski definition) is 4. The van der Waals surface area contributed by atoms with Gasteiger partial charge in [0.2, 0.25) is 5.91 Å². The average Bonchev–Trinajstić information content (AvgIpc) is 2.54. The van der Waals surface area contributed by atoms with Crippen LogP contribution in [0.5, 0.6) is 0 Å². The van der Waals surface area contributed by atoms with Crippen LogP contribution in [0.1, 0.15) is 22.3 Å². The molecule has 2 aromatic carbocycles. The van der Waals surface area contributed by atoms with Crippen molar-refractivity contribution in [1.82, 2.24) is 0 Å². The number of benzene rings is 2. The number of nitrogens with two attached hydrogens (primary N) is 1. The minimum absolute atomic E-state index is 0.0203. The van der Waals surface area contributed by atoms with Crippen molar-refractivity contribution in [3.05, 3.63) is 65.7 Å². The van der Waals surface area contributed by atoms with E-state index in [9.17, 15) is 9.59 Å². The van der Waals surface area contributed by atoms with Crippen LogP contribution in [0.15, 0.2) is 59.6 Å². The number of primary amides is 1. The van der Waals surface area contributed by atoms with Gasteiger partial charge in [0, 0.05) is 0 Å². The van der Waals surface area contributed by atoms with Crippen molar-refractivity contribution in [1.29, 1.82) is 0 Å². The quantitative estimate of drug-likeness (QED) is 0.679. The van der Waals surface area contributed by atoms with Gasteiger partial charge in [0.05, 0.1) is 30.5 Å². The van der Waals surface area contributed by atoms with E-state index < -0.39 is 11.9 Å². The van der Waals surface area contributed by atoms with Crippen LogP contribution in [0.2, 0.25) is 0 Å². The Kier molecular flexibility index (Phi) is 5.03. The molecule has 2 rings (SSSR count). The Morgan fingerprint density at radius 2 is 1.73 bits per heavy atom. The summed E-state index contributed by atoms with van der Waals surface area (Å²) in [6, 6.07) is 16.0. The number of carbonyl (C=O) groups is 2. The topological polar surface area (TPSA) is 81.8 Å². The molecule has 5 heteroatoms. The number of carbonyl (C=O) groups excluding carboxylic acids is 2. The Morgan fingerprint density at radius 1 is 1.05 bits per heavy atom. The number of rotatable bonds is 5. The van der Waals surface area contributed by atoms with Gasteiger partial charge in [-0.1, -0.05) is 36.4 Å². The first-order valence-electron chi connectivity index (χ1n) is 6.70. The van der Waals surface area contributed by atoms with E-state index in [0.29, 0.717) is 17.0 Å². The van der Waals surface area contributed by atoms with Crippen LogP contribution in [0.25, 0.3) is 0 Å². The van der Waals surface area contributed by atoms with Crippen molar-refractivity contribution in [2.45, 2.75) is 6.42 Å². The van der Waals surface area contributed by atoms with Gasteiger partial charge in [-0.15, -0.1) is 0 Å². The number of esters is 1. The Labute approximate surface area is 128 Å². The lowest BCUT2D eigenvalue weighted by Crippen LogP contribution is -2.16. The van der Waals surface area contributed by atoms with Crippen molar-refractivity contribution >= 4 is 23.3 Å². The molecule has 0 atom stereocenters. The molecule has 0 heterocycles. The number of ether oxygens (including phenoxy) is 1. The van der Waals surface area contributed by atoms with Gasteiger partial charge in [-0.2, -0.15) is 0 Å². The number of hydrogen-bond donors (Lipinski definition) is 1. The lowest BCUT2D eigenvalue weighted by atomic mass is 10.1. The molecule has 2 aromatic rings. The predicted molar refractivity (Wildman–Crippen MR) is 84.2 cm³/mol. The number of amides is 1. The highest BCUT2D eigenvalue weighted by atomic mass is 16.5. The first-order chi connectivity index (χ1) is 10.6. The SMILES string of the molecule is COC(=O)c1cccc(N=C(CC(N)=O)c2ccccc2)c1. The predicted octanol–water partition coefficient (Wildman–Crippen LogP) is 2.47. The Balaban J connectivity index is 2.41. The zero-order valence-corrected chi connectivity index (χ0v) is 12.2. The zero-order chi connectivity index (χ0) is 15.9. The van der Waals surface area contributed by atoms with E-state index in [-0.39, 0.29) is 6.42 Å². The van der Waals surface area contributed by atoms with E-state index in [4.69, 9.17) is 5.73 Å². The third kappa shape index (κ3) is 4.02. The lowest BCUT2D eigenvalue weighted by Gasteiger charge is -2.06. The van der Waals surface area contributed by atoms with Gasteiger partial charge < -0.3 is 10.5 Å². The molecule has 0 saturated carbocycles. The fourth-order valence-electron chi connectivity index (χ4n) is 1.98. The highest BCUT2D eigenvalue weighted by molar-refractivity contribution is 6.11. The molecule has 0 radical (unpaired) electrons. The maximum atomic E-state index is 11.6. The molecule has 5 nitrogen and oxygen atoms in total. The molecule has 2 N–H and O–H groups in total. The van der Waals surface area contributed by atoms with Crippen molar-refractivity contribution < 1.29 is 14.3 Å². The average molecular weight is 296 g/mol. The molecule has 112 valence electrons. The standard InChI is InChI=1S/C17H16N2O3/c1-22-17(21)13-8-5-9-14(10-13)19-15(11-16(18)20)12-6-3-2-4-7-12/h2-10H,11H2,1H3,(H2,18,20). The van der Waals surface area contributed by atoms with Crippen LogP contribution in [0.3, 0.4) is 0 Å². The molecule has 1 amide bonds. The summed E-state index contributed by atoms with van der Waals surface area (Å²) >= 11 is 0. The Hall–Kier alpha value is -2.95. The molecular formula is C17H16N2O3. The smallest absolute Gasteiger partial charge is 0.337 e. The maximum Gasteiger partial charge on any atom is 0.337 e. The van der Waals surface area contributed by atoms with Crippen LogP contribution in [0, 0.1) is 0 Å². The normalized spacial score (nSPS) is 11.0. The third-order valence-corrected chi connectivity index (χ3v) is 2.98. The fraction of sp³-hybridized carbons (Fsp3) is 0.118. The molecule has 22 heavy (non-hydrogen) atoms. The molecule has 0 bridgehead atoms. The third-order valence-electron chi connectivity index (χ3n) is 2.98. The molecule has 0 aliphatic rings. The van der Waals surface area contributed by atoms with Gasteiger partial charge in [-0.05, 0) is 23.8 Å². The van der Waals surface area contributed by atoms with E-state index >= 15 is 0 Å². The van der Waals surface area contributed by atoms with E-state index in [2.05, 4.69) is 9.73 Å². The van der Waals surface area contributed by atoms with Crippen LogP contribution < -0.4 is 5.73 Å². The largest absolute Gasteiger partial charge is 0.465 e. The van der Waals surface area contributed by atoms with Crippen LogP contribution >= 0.6 is 0 Å². The molecule has 0 saturated heterocycles. The summed E-state index contributed by atoms with van der Waals surface area (Å²) in [5, 5.41) is 0. The summed E-state index contributed by atoms with van der Waals surface area (Å²) in [7, 11) is 1.32. The summed E-state index contributed by atoms with van der Waals surface area (Å²) in [6.45, 7) is 0. The van der Waals surface area contributed by atoms with Crippen LogP contribution in [-0.2, 0) is 9.53 Å². The van der Waals surface area contributed by atoms with Crippen molar-refractivity contribution in [3.8, 4) is 0 Å². The molecule has 0 fully saturated rings. The van der Waals surface area contributed by atoms with E-state index in [1.54, 1.807) is 24.3 Å². The minimum atomic E-state index is -0.466. The van der Waals surface area contributed by atoms with Crippen molar-refractivity contribution in [3.63, 3.8) is 0 Å². The Morgan fingerprint density at radius 3 is 2.36 bits per heavy atom. The van der Waals surface area contributed by atoms with Crippen molar-refractivity contribution in [2.75, 3.05) is 7.11 Å². The van der Waals surface area contributed by atoms with Gasteiger partial charge in [0.25, 0.3) is 0 Å². The van der Waals surface area contributed by atoms with Gasteiger partial charge >= 0.3 is 5.97 Å². The highest BCUT2D eigenvalue weighted by Gasteiger charge is 2.09. The maximum absolute atomic E-state index is 11.6.